The van der Waals surface area contributed by atoms with Crippen molar-refractivity contribution in [3.8, 4) is 0 Å². The lowest BCUT2D eigenvalue weighted by Gasteiger charge is -2.14. The average Bonchev–Trinajstić information content (AvgIpc) is 2.54. The largest absolute Gasteiger partial charge is 0.449 e. The number of anilines is 1. The minimum atomic E-state index is -1.01. The second-order valence-electron chi connectivity index (χ2n) is 5.72. The minimum Gasteiger partial charge on any atom is -0.449 e. The number of nitrogens with zero attached hydrogens (tertiary/aromatic N) is 1. The van der Waals surface area contributed by atoms with Crippen molar-refractivity contribution in [1.82, 2.24) is 0 Å². The molecule has 1 amide bonds. The summed E-state index contributed by atoms with van der Waals surface area (Å²) >= 11 is 0. The summed E-state index contributed by atoms with van der Waals surface area (Å²) in [6.07, 6.45) is -1.01. The quantitative estimate of drug-likeness (QED) is 0.510. The summed E-state index contributed by atoms with van der Waals surface area (Å²) in [6.45, 7) is 5.20. The summed E-state index contributed by atoms with van der Waals surface area (Å²) in [5.74, 6) is -1.11. The summed E-state index contributed by atoms with van der Waals surface area (Å²) in [5, 5.41) is 13.2. The number of esters is 1. The number of rotatable bonds is 5. The maximum atomic E-state index is 12.2. The molecule has 0 aliphatic rings. The van der Waals surface area contributed by atoms with E-state index >= 15 is 0 Å². The van der Waals surface area contributed by atoms with E-state index in [1.807, 2.05) is 19.9 Å². The first-order valence-corrected chi connectivity index (χ1v) is 7.61. The van der Waals surface area contributed by atoms with E-state index in [0.29, 0.717) is 11.3 Å². The molecule has 2 rings (SSSR count). The smallest absolute Gasteiger partial charge is 0.338 e. The zero-order valence-electron chi connectivity index (χ0n) is 14.1. The van der Waals surface area contributed by atoms with E-state index in [1.54, 1.807) is 12.1 Å². The van der Waals surface area contributed by atoms with Crippen molar-refractivity contribution in [1.29, 1.82) is 0 Å². The maximum absolute atomic E-state index is 12.2. The molecular formula is C18H18N2O5. The Bertz CT molecular complexity index is 794. The molecule has 1 unspecified atom stereocenters. The third-order valence-corrected chi connectivity index (χ3v) is 3.46. The molecule has 2 aromatic rings. The van der Waals surface area contributed by atoms with Crippen molar-refractivity contribution in [2.45, 2.75) is 26.9 Å². The Morgan fingerprint density at radius 2 is 1.64 bits per heavy atom. The van der Waals surface area contributed by atoms with Crippen LogP contribution >= 0.6 is 0 Å². The van der Waals surface area contributed by atoms with E-state index in [9.17, 15) is 19.7 Å². The Morgan fingerprint density at radius 1 is 1.08 bits per heavy atom. The van der Waals surface area contributed by atoms with Gasteiger partial charge < -0.3 is 10.1 Å². The Morgan fingerprint density at radius 3 is 2.16 bits per heavy atom. The van der Waals surface area contributed by atoms with Crippen molar-refractivity contribution in [2.75, 3.05) is 5.32 Å². The third kappa shape index (κ3) is 4.87. The molecular weight excluding hydrogens is 324 g/mol. The second-order valence-corrected chi connectivity index (χ2v) is 5.72. The molecule has 0 fully saturated rings. The highest BCUT2D eigenvalue weighted by Gasteiger charge is 2.19. The Hall–Kier alpha value is -3.22. The van der Waals surface area contributed by atoms with E-state index < -0.39 is 22.9 Å². The average molecular weight is 342 g/mol. The number of non-ortho nitro benzene ring substituents is 1. The van der Waals surface area contributed by atoms with Gasteiger partial charge in [-0.25, -0.2) is 4.79 Å². The number of hydrogen-bond donors (Lipinski definition) is 1. The molecule has 7 heteroatoms. The molecule has 0 aromatic heterocycles. The molecule has 0 aliphatic carbocycles. The first-order valence-electron chi connectivity index (χ1n) is 7.61. The predicted molar refractivity (Wildman–Crippen MR) is 92.5 cm³/mol. The summed E-state index contributed by atoms with van der Waals surface area (Å²) in [6, 6.07) is 10.7. The second kappa shape index (κ2) is 7.57. The van der Waals surface area contributed by atoms with E-state index in [1.165, 1.54) is 31.2 Å². The molecule has 1 atom stereocenters. The van der Waals surface area contributed by atoms with Crippen molar-refractivity contribution >= 4 is 23.3 Å². The van der Waals surface area contributed by atoms with Gasteiger partial charge >= 0.3 is 5.97 Å². The Labute approximate surface area is 144 Å². The molecule has 130 valence electrons. The van der Waals surface area contributed by atoms with Crippen molar-refractivity contribution < 1.29 is 19.2 Å². The van der Waals surface area contributed by atoms with Crippen LogP contribution in [0.15, 0.2) is 42.5 Å². The Balaban J connectivity index is 1.99. The van der Waals surface area contributed by atoms with E-state index in [4.69, 9.17) is 4.74 Å². The number of carbonyl (C=O) groups excluding carboxylic acids is 2. The molecule has 25 heavy (non-hydrogen) atoms. The van der Waals surface area contributed by atoms with Gasteiger partial charge in [0.2, 0.25) is 0 Å². The number of nitro groups is 1. The molecule has 0 saturated heterocycles. The van der Waals surface area contributed by atoms with Gasteiger partial charge in [-0.2, -0.15) is 0 Å². The topological polar surface area (TPSA) is 98.5 Å². The van der Waals surface area contributed by atoms with Gasteiger partial charge in [0.05, 0.1) is 10.5 Å². The molecule has 0 radical (unpaired) electrons. The lowest BCUT2D eigenvalue weighted by molar-refractivity contribution is -0.384. The molecule has 0 aliphatic heterocycles. The van der Waals surface area contributed by atoms with E-state index in [0.717, 1.165) is 11.1 Å². The summed E-state index contributed by atoms with van der Waals surface area (Å²) in [4.78, 5) is 34.3. The van der Waals surface area contributed by atoms with Crippen LogP contribution in [0, 0.1) is 24.0 Å². The van der Waals surface area contributed by atoms with Gasteiger partial charge in [-0.15, -0.1) is 0 Å². The van der Waals surface area contributed by atoms with Crippen LogP contribution in [0.3, 0.4) is 0 Å². The molecule has 0 spiro atoms. The fourth-order valence-electron chi connectivity index (χ4n) is 2.29. The van der Waals surface area contributed by atoms with E-state index in [2.05, 4.69) is 5.32 Å². The molecule has 0 bridgehead atoms. The van der Waals surface area contributed by atoms with Crippen LogP contribution in [0.1, 0.15) is 28.4 Å². The highest BCUT2D eigenvalue weighted by atomic mass is 16.6. The molecule has 2 aromatic carbocycles. The van der Waals surface area contributed by atoms with Gasteiger partial charge in [-0.05, 0) is 45.0 Å². The fourth-order valence-corrected chi connectivity index (χ4v) is 2.29. The van der Waals surface area contributed by atoms with Gasteiger partial charge in [0, 0.05) is 17.8 Å². The molecule has 1 N–H and O–H groups in total. The van der Waals surface area contributed by atoms with Crippen molar-refractivity contribution in [2.24, 2.45) is 0 Å². The number of benzene rings is 2. The fraction of sp³-hybridized carbons (Fsp3) is 0.222. The number of ether oxygens (including phenoxy) is 1. The molecule has 0 saturated carbocycles. The summed E-state index contributed by atoms with van der Waals surface area (Å²) < 4.78 is 5.18. The Kier molecular flexibility index (Phi) is 5.49. The SMILES string of the molecule is Cc1cc(C)cc(C(=O)OC(C)C(=O)Nc2ccc([N+](=O)[O-])cc2)c1. The zero-order valence-corrected chi connectivity index (χ0v) is 14.1. The lowest BCUT2D eigenvalue weighted by Crippen LogP contribution is -2.30. The number of nitro benzene ring substituents is 1. The van der Waals surface area contributed by atoms with Crippen LogP contribution in [0.2, 0.25) is 0 Å². The predicted octanol–water partition coefficient (Wildman–Crippen LogP) is 3.40. The van der Waals surface area contributed by atoms with E-state index in [-0.39, 0.29) is 5.69 Å². The van der Waals surface area contributed by atoms with Crippen LogP contribution < -0.4 is 5.32 Å². The molecule has 7 nitrogen and oxygen atoms in total. The van der Waals surface area contributed by atoms with Gasteiger partial charge in [-0.1, -0.05) is 17.2 Å². The minimum absolute atomic E-state index is 0.0766. The number of nitrogens with one attached hydrogen (secondary N) is 1. The van der Waals surface area contributed by atoms with Gasteiger partial charge in [0.1, 0.15) is 0 Å². The first-order chi connectivity index (χ1) is 11.8. The highest BCUT2D eigenvalue weighted by Crippen LogP contribution is 2.16. The third-order valence-electron chi connectivity index (χ3n) is 3.46. The summed E-state index contributed by atoms with van der Waals surface area (Å²) in [5.41, 5.74) is 2.54. The van der Waals surface area contributed by atoms with Gasteiger partial charge in [0.15, 0.2) is 6.10 Å². The highest BCUT2D eigenvalue weighted by molar-refractivity contribution is 5.97. The van der Waals surface area contributed by atoms with Crippen molar-refractivity contribution in [3.63, 3.8) is 0 Å². The van der Waals surface area contributed by atoms with Crippen LogP contribution in [-0.2, 0) is 9.53 Å². The van der Waals surface area contributed by atoms with Gasteiger partial charge in [0.25, 0.3) is 11.6 Å². The summed E-state index contributed by atoms with van der Waals surface area (Å²) in [7, 11) is 0. The first kappa shape index (κ1) is 18.1. The van der Waals surface area contributed by atoms with Crippen LogP contribution in [0.25, 0.3) is 0 Å². The number of amides is 1. The molecule has 0 heterocycles. The van der Waals surface area contributed by atoms with Crippen LogP contribution in [0.4, 0.5) is 11.4 Å². The van der Waals surface area contributed by atoms with Crippen molar-refractivity contribution in [3.05, 3.63) is 69.3 Å². The number of aryl methyl sites for hydroxylation is 2. The zero-order chi connectivity index (χ0) is 18.6. The van der Waals surface area contributed by atoms with Crippen LogP contribution in [-0.4, -0.2) is 22.9 Å². The number of carbonyl (C=O) groups is 2. The normalized spacial score (nSPS) is 11.5. The monoisotopic (exact) mass is 342 g/mol. The lowest BCUT2D eigenvalue weighted by atomic mass is 10.1. The number of hydrogen-bond acceptors (Lipinski definition) is 5. The standard InChI is InChI=1S/C18H18N2O5/c1-11-8-12(2)10-14(9-11)18(22)25-13(3)17(21)19-15-4-6-16(7-5-15)20(23)24/h4-10,13H,1-3H3,(H,19,21). The maximum Gasteiger partial charge on any atom is 0.338 e. The van der Waals surface area contributed by atoms with Gasteiger partial charge in [-0.3, -0.25) is 14.9 Å². The van der Waals surface area contributed by atoms with Crippen LogP contribution in [0.5, 0.6) is 0 Å².